The summed E-state index contributed by atoms with van der Waals surface area (Å²) in [4.78, 5) is 2.61. The third-order valence-electron chi connectivity index (χ3n) is 4.87. The minimum atomic E-state index is 0.0564. The Kier molecular flexibility index (Phi) is 5.96. The molecule has 0 radical (unpaired) electrons. The maximum atomic E-state index is 6.50. The first-order valence-electron chi connectivity index (χ1n) is 7.97. The largest absolute Gasteiger partial charge is 0.309 e. The number of hydrogen-bond donors (Lipinski definition) is 1. The van der Waals surface area contributed by atoms with E-state index in [0.717, 1.165) is 18.5 Å². The molecule has 1 aliphatic heterocycles. The second-order valence-corrected chi connectivity index (χ2v) is 6.82. The molecule has 1 aromatic carbocycles. The van der Waals surface area contributed by atoms with Gasteiger partial charge in [-0.2, -0.15) is 0 Å². The molecule has 1 heterocycles. The highest BCUT2D eigenvalue weighted by molar-refractivity contribution is 6.42. The first-order valence-corrected chi connectivity index (χ1v) is 8.72. The highest BCUT2D eigenvalue weighted by Gasteiger charge is 2.40. The molecule has 2 atom stereocenters. The van der Waals surface area contributed by atoms with Gasteiger partial charge >= 0.3 is 0 Å². The van der Waals surface area contributed by atoms with Gasteiger partial charge in [0.25, 0.3) is 0 Å². The second-order valence-electron chi connectivity index (χ2n) is 6.04. The van der Waals surface area contributed by atoms with Crippen LogP contribution in [0, 0.1) is 0 Å². The van der Waals surface area contributed by atoms with Gasteiger partial charge in [0.1, 0.15) is 0 Å². The Balaban J connectivity index is 2.42. The number of benzene rings is 1. The van der Waals surface area contributed by atoms with E-state index in [1.165, 1.54) is 25.9 Å². The van der Waals surface area contributed by atoms with Crippen LogP contribution in [0.5, 0.6) is 0 Å². The topological polar surface area (TPSA) is 15.3 Å². The van der Waals surface area contributed by atoms with Crippen molar-refractivity contribution in [1.82, 2.24) is 10.2 Å². The van der Waals surface area contributed by atoms with Gasteiger partial charge < -0.3 is 5.32 Å². The quantitative estimate of drug-likeness (QED) is 0.798. The molecule has 2 nitrogen and oxygen atoms in total. The summed E-state index contributed by atoms with van der Waals surface area (Å²) < 4.78 is 0. The summed E-state index contributed by atoms with van der Waals surface area (Å²) in [6.07, 6.45) is 3.66. The van der Waals surface area contributed by atoms with Gasteiger partial charge in [-0.25, -0.2) is 0 Å². The van der Waals surface area contributed by atoms with Gasteiger partial charge in [-0.3, -0.25) is 4.90 Å². The van der Waals surface area contributed by atoms with Crippen molar-refractivity contribution in [3.8, 4) is 0 Å². The highest BCUT2D eigenvalue weighted by Crippen LogP contribution is 2.40. The first-order chi connectivity index (χ1) is 10.0. The van der Waals surface area contributed by atoms with E-state index in [1.54, 1.807) is 0 Å². The molecule has 0 spiro atoms. The van der Waals surface area contributed by atoms with E-state index in [9.17, 15) is 0 Å². The van der Waals surface area contributed by atoms with E-state index in [0.29, 0.717) is 10.0 Å². The molecule has 1 fully saturated rings. The van der Waals surface area contributed by atoms with Gasteiger partial charge in [0, 0.05) is 5.54 Å². The van der Waals surface area contributed by atoms with E-state index < -0.39 is 0 Å². The first kappa shape index (κ1) is 17.1. The van der Waals surface area contributed by atoms with Crippen molar-refractivity contribution in [3.63, 3.8) is 0 Å². The Bertz CT molecular complexity index is 472. The van der Waals surface area contributed by atoms with Crippen LogP contribution in [0.4, 0.5) is 0 Å². The number of likely N-dealkylation sites (N-methyl/N-ethyl adjacent to an activating group) is 1. The lowest BCUT2D eigenvalue weighted by atomic mass is 9.83. The van der Waals surface area contributed by atoms with Crippen LogP contribution in [-0.4, -0.2) is 30.1 Å². The van der Waals surface area contributed by atoms with Crippen molar-refractivity contribution in [2.45, 2.75) is 51.6 Å². The van der Waals surface area contributed by atoms with Gasteiger partial charge in [-0.1, -0.05) is 49.2 Å². The van der Waals surface area contributed by atoms with Gasteiger partial charge in [0.05, 0.1) is 16.1 Å². The molecule has 21 heavy (non-hydrogen) atoms. The molecule has 2 unspecified atom stereocenters. The fourth-order valence-corrected chi connectivity index (χ4v) is 3.87. The summed E-state index contributed by atoms with van der Waals surface area (Å²) >= 11 is 12.7. The minimum absolute atomic E-state index is 0.0564. The zero-order chi connectivity index (χ0) is 15.5. The van der Waals surface area contributed by atoms with E-state index in [1.807, 2.05) is 12.1 Å². The number of rotatable bonds is 6. The minimum Gasteiger partial charge on any atom is -0.309 e. The van der Waals surface area contributed by atoms with Crippen LogP contribution in [0.3, 0.4) is 0 Å². The Hall–Kier alpha value is -0.280. The van der Waals surface area contributed by atoms with Crippen LogP contribution in [0.25, 0.3) is 0 Å². The Morgan fingerprint density at radius 2 is 1.90 bits per heavy atom. The molecule has 4 heteroatoms. The summed E-state index contributed by atoms with van der Waals surface area (Å²) in [5.74, 6) is 0. The van der Waals surface area contributed by atoms with Crippen molar-refractivity contribution in [2.75, 3.05) is 19.6 Å². The van der Waals surface area contributed by atoms with Crippen molar-refractivity contribution < 1.29 is 0 Å². The summed E-state index contributed by atoms with van der Waals surface area (Å²) in [5, 5.41) is 4.97. The van der Waals surface area contributed by atoms with Crippen molar-refractivity contribution in [1.29, 1.82) is 0 Å². The molecule has 0 aromatic heterocycles. The van der Waals surface area contributed by atoms with Gasteiger partial charge in [0.2, 0.25) is 0 Å². The molecular weight excluding hydrogens is 303 g/mol. The third kappa shape index (κ3) is 3.39. The molecule has 118 valence electrons. The Labute approximate surface area is 138 Å². The average Bonchev–Trinajstić information content (AvgIpc) is 3.02. The molecule has 1 N–H and O–H groups in total. The summed E-state index contributed by atoms with van der Waals surface area (Å²) in [7, 11) is 0. The van der Waals surface area contributed by atoms with Crippen molar-refractivity contribution in [3.05, 3.63) is 33.8 Å². The van der Waals surface area contributed by atoms with Crippen LogP contribution >= 0.6 is 23.2 Å². The smallest absolute Gasteiger partial charge is 0.0640 e. The Morgan fingerprint density at radius 1 is 1.24 bits per heavy atom. The lowest BCUT2D eigenvalue weighted by Crippen LogP contribution is -2.53. The van der Waals surface area contributed by atoms with Gasteiger partial charge in [-0.15, -0.1) is 0 Å². The fraction of sp³-hybridized carbons (Fsp3) is 0.647. The predicted molar refractivity (Wildman–Crippen MR) is 92.4 cm³/mol. The predicted octanol–water partition coefficient (Wildman–Crippen LogP) is 4.91. The van der Waals surface area contributed by atoms with Crippen LogP contribution in [0.15, 0.2) is 18.2 Å². The zero-order valence-corrected chi connectivity index (χ0v) is 14.8. The average molecular weight is 329 g/mol. The standard InChI is InChI=1S/C17H26Cl2N2/c1-4-17(3,21-11-6-7-12-21)16(20-5-2)13-9-8-10-14(18)15(13)19/h8-10,16,20H,4-7,11-12H2,1-3H3. The number of likely N-dealkylation sites (tertiary alicyclic amines) is 1. The molecule has 2 rings (SSSR count). The number of halogens is 2. The van der Waals surface area contributed by atoms with E-state index in [2.05, 4.69) is 37.1 Å². The second kappa shape index (κ2) is 7.32. The lowest BCUT2D eigenvalue weighted by molar-refractivity contribution is 0.0847. The summed E-state index contributed by atoms with van der Waals surface area (Å²) in [6.45, 7) is 10.0. The molecule has 0 amide bonds. The SMILES string of the molecule is CCNC(c1cccc(Cl)c1Cl)C(C)(CC)N1CCCC1. The molecule has 0 bridgehead atoms. The molecule has 0 aliphatic carbocycles. The van der Waals surface area contributed by atoms with Crippen LogP contribution < -0.4 is 5.32 Å². The number of nitrogens with zero attached hydrogens (tertiary/aromatic N) is 1. The van der Waals surface area contributed by atoms with Gasteiger partial charge in [-0.05, 0) is 57.5 Å². The normalized spacial score (nSPS) is 20.4. The van der Waals surface area contributed by atoms with E-state index >= 15 is 0 Å². The summed E-state index contributed by atoms with van der Waals surface area (Å²) in [5.41, 5.74) is 1.17. The highest BCUT2D eigenvalue weighted by atomic mass is 35.5. The third-order valence-corrected chi connectivity index (χ3v) is 5.70. The number of nitrogens with one attached hydrogen (secondary N) is 1. The molecule has 0 saturated carbocycles. The van der Waals surface area contributed by atoms with Crippen LogP contribution in [0.2, 0.25) is 10.0 Å². The maximum Gasteiger partial charge on any atom is 0.0640 e. The number of hydrogen-bond acceptors (Lipinski definition) is 2. The van der Waals surface area contributed by atoms with E-state index in [-0.39, 0.29) is 11.6 Å². The molecule has 1 aliphatic rings. The molecular formula is C17H26Cl2N2. The molecule has 1 aromatic rings. The van der Waals surface area contributed by atoms with Gasteiger partial charge in [0.15, 0.2) is 0 Å². The monoisotopic (exact) mass is 328 g/mol. The zero-order valence-electron chi connectivity index (χ0n) is 13.3. The van der Waals surface area contributed by atoms with Crippen LogP contribution in [0.1, 0.15) is 51.6 Å². The van der Waals surface area contributed by atoms with Crippen molar-refractivity contribution in [2.24, 2.45) is 0 Å². The van der Waals surface area contributed by atoms with Crippen molar-refractivity contribution >= 4 is 23.2 Å². The van der Waals surface area contributed by atoms with Crippen LogP contribution in [-0.2, 0) is 0 Å². The fourth-order valence-electron chi connectivity index (χ4n) is 3.45. The molecule has 1 saturated heterocycles. The van der Waals surface area contributed by atoms with E-state index in [4.69, 9.17) is 23.2 Å². The lowest BCUT2D eigenvalue weighted by Gasteiger charge is -2.45. The maximum absolute atomic E-state index is 6.50. The summed E-state index contributed by atoms with van der Waals surface area (Å²) in [6, 6.07) is 6.14. The Morgan fingerprint density at radius 3 is 2.48 bits per heavy atom.